The fraction of sp³-hybridized carbons (Fsp3) is 0. The number of carbonyl (C=O) groups excluding carboxylic acids is 1. The van der Waals surface area contributed by atoms with E-state index in [0.29, 0.717) is 16.8 Å². The van der Waals surface area contributed by atoms with Crippen LogP contribution in [-0.2, 0) is 0 Å². The highest BCUT2D eigenvalue weighted by atomic mass is 79.9. The second-order valence-corrected chi connectivity index (χ2v) is 5.99. The van der Waals surface area contributed by atoms with E-state index >= 15 is 0 Å². The van der Waals surface area contributed by atoms with Crippen LogP contribution in [0, 0.1) is 0 Å². The van der Waals surface area contributed by atoms with Gasteiger partial charge in [0.05, 0.1) is 11.9 Å². The predicted molar refractivity (Wildman–Crippen MR) is 97.3 cm³/mol. The Balaban J connectivity index is 1.81. The molecular weight excluding hydrogens is 368 g/mol. The van der Waals surface area contributed by atoms with Crippen LogP contribution in [0.3, 0.4) is 0 Å². The van der Waals surface area contributed by atoms with Crippen LogP contribution in [0.5, 0.6) is 0 Å². The first-order chi connectivity index (χ1) is 11.6. The molecule has 0 saturated heterocycles. The Morgan fingerprint density at radius 3 is 2.42 bits per heavy atom. The van der Waals surface area contributed by atoms with Gasteiger partial charge in [0.25, 0.3) is 5.56 Å². The molecule has 5 heteroatoms. The van der Waals surface area contributed by atoms with Crippen molar-refractivity contribution in [3.05, 3.63) is 98.9 Å². The van der Waals surface area contributed by atoms with E-state index in [4.69, 9.17) is 0 Å². The van der Waals surface area contributed by atoms with Gasteiger partial charge in [-0.2, -0.15) is 9.78 Å². The van der Waals surface area contributed by atoms with Crippen molar-refractivity contribution >= 4 is 27.8 Å². The van der Waals surface area contributed by atoms with E-state index in [2.05, 4.69) is 21.0 Å². The fourth-order valence-electron chi connectivity index (χ4n) is 2.16. The topological polar surface area (TPSA) is 52.0 Å². The normalized spacial score (nSPS) is 10.9. The van der Waals surface area contributed by atoms with E-state index in [1.807, 2.05) is 30.3 Å². The number of carbonyl (C=O) groups is 1. The van der Waals surface area contributed by atoms with Crippen molar-refractivity contribution in [2.24, 2.45) is 0 Å². The number of rotatable bonds is 4. The summed E-state index contributed by atoms with van der Waals surface area (Å²) < 4.78 is 2.23. The van der Waals surface area contributed by atoms with Crippen molar-refractivity contribution < 1.29 is 4.79 Å². The molecule has 0 spiro atoms. The number of para-hydroxylation sites is 1. The van der Waals surface area contributed by atoms with Gasteiger partial charge in [-0.3, -0.25) is 9.59 Å². The molecule has 24 heavy (non-hydrogen) atoms. The molecule has 2 aromatic carbocycles. The summed E-state index contributed by atoms with van der Waals surface area (Å²) in [5.41, 5.74) is 1.61. The van der Waals surface area contributed by atoms with Crippen LogP contribution in [0.15, 0.2) is 82.2 Å². The van der Waals surface area contributed by atoms with Gasteiger partial charge < -0.3 is 0 Å². The molecule has 0 amide bonds. The van der Waals surface area contributed by atoms with Crippen molar-refractivity contribution in [3.8, 4) is 5.69 Å². The number of ketones is 1. The van der Waals surface area contributed by atoms with Crippen LogP contribution < -0.4 is 5.56 Å². The van der Waals surface area contributed by atoms with E-state index in [9.17, 15) is 9.59 Å². The van der Waals surface area contributed by atoms with E-state index in [1.165, 1.54) is 16.8 Å². The lowest BCUT2D eigenvalue weighted by atomic mass is 10.1. The molecule has 0 aliphatic heterocycles. The van der Waals surface area contributed by atoms with Gasteiger partial charge in [0, 0.05) is 21.7 Å². The monoisotopic (exact) mass is 380 g/mol. The Morgan fingerprint density at radius 2 is 1.75 bits per heavy atom. The molecule has 0 bridgehead atoms. The number of halogens is 1. The van der Waals surface area contributed by atoms with Crippen molar-refractivity contribution in [2.75, 3.05) is 0 Å². The number of allylic oxidation sites excluding steroid dienone is 1. The van der Waals surface area contributed by atoms with E-state index in [0.717, 1.165) is 4.47 Å². The minimum atomic E-state index is -0.251. The lowest BCUT2D eigenvalue weighted by Crippen LogP contribution is -2.20. The first-order valence-electron chi connectivity index (χ1n) is 7.26. The van der Waals surface area contributed by atoms with E-state index in [1.54, 1.807) is 36.5 Å². The molecule has 118 valence electrons. The summed E-state index contributed by atoms with van der Waals surface area (Å²) in [5.74, 6) is -0.130. The highest BCUT2D eigenvalue weighted by molar-refractivity contribution is 9.10. The third-order valence-corrected chi connectivity index (χ3v) is 3.91. The van der Waals surface area contributed by atoms with E-state index in [-0.39, 0.29) is 11.3 Å². The maximum atomic E-state index is 12.2. The van der Waals surface area contributed by atoms with Crippen molar-refractivity contribution in [2.45, 2.75) is 0 Å². The minimum Gasteiger partial charge on any atom is -0.289 e. The highest BCUT2D eigenvalue weighted by Crippen LogP contribution is 2.12. The summed E-state index contributed by atoms with van der Waals surface area (Å²) in [6.07, 6.45) is 4.58. The summed E-state index contributed by atoms with van der Waals surface area (Å²) in [7, 11) is 0. The number of benzene rings is 2. The standard InChI is InChI=1S/C19H13BrN2O2/c20-16-9-7-15(8-10-16)18(23)11-6-14-12-19(24)22(21-13-14)17-4-2-1-3-5-17/h1-13H/b11-6+. The Bertz CT molecular complexity index is 945. The van der Waals surface area contributed by atoms with Crippen molar-refractivity contribution in [1.29, 1.82) is 0 Å². The van der Waals surface area contributed by atoms with Gasteiger partial charge in [0.1, 0.15) is 0 Å². The SMILES string of the molecule is O=C(/C=C/c1cnn(-c2ccccc2)c(=O)c1)c1ccc(Br)cc1. The van der Waals surface area contributed by atoms with Crippen LogP contribution in [0.25, 0.3) is 11.8 Å². The van der Waals surface area contributed by atoms with Gasteiger partial charge in [0.15, 0.2) is 5.78 Å². The zero-order chi connectivity index (χ0) is 16.9. The number of nitrogens with zero attached hydrogens (tertiary/aromatic N) is 2. The van der Waals surface area contributed by atoms with Crippen LogP contribution in [0.2, 0.25) is 0 Å². The first kappa shape index (κ1) is 16.1. The van der Waals surface area contributed by atoms with Gasteiger partial charge in [-0.05, 0) is 48.6 Å². The number of hydrogen-bond donors (Lipinski definition) is 0. The van der Waals surface area contributed by atoms with Gasteiger partial charge in [-0.25, -0.2) is 0 Å². The lowest BCUT2D eigenvalue weighted by Gasteiger charge is -2.03. The van der Waals surface area contributed by atoms with Crippen LogP contribution >= 0.6 is 15.9 Å². The molecule has 0 aliphatic rings. The smallest absolute Gasteiger partial charge is 0.272 e. The molecule has 0 unspecified atom stereocenters. The molecule has 1 aromatic heterocycles. The highest BCUT2D eigenvalue weighted by Gasteiger charge is 2.03. The van der Waals surface area contributed by atoms with Crippen LogP contribution in [0.1, 0.15) is 15.9 Å². The third-order valence-electron chi connectivity index (χ3n) is 3.38. The summed E-state index contributed by atoms with van der Waals surface area (Å²) >= 11 is 3.33. The predicted octanol–water partition coefficient (Wildman–Crippen LogP) is 3.89. The van der Waals surface area contributed by atoms with E-state index < -0.39 is 0 Å². The third kappa shape index (κ3) is 3.75. The molecule has 0 fully saturated rings. The first-order valence-corrected chi connectivity index (χ1v) is 8.05. The van der Waals surface area contributed by atoms with Crippen molar-refractivity contribution in [3.63, 3.8) is 0 Å². The molecule has 0 atom stereocenters. The summed E-state index contributed by atoms with van der Waals surface area (Å²) in [4.78, 5) is 24.3. The minimum absolute atomic E-state index is 0.130. The summed E-state index contributed by atoms with van der Waals surface area (Å²) in [6, 6.07) is 17.7. The van der Waals surface area contributed by atoms with Crippen LogP contribution in [0.4, 0.5) is 0 Å². The fourth-order valence-corrected chi connectivity index (χ4v) is 2.42. The molecule has 3 rings (SSSR count). The zero-order valence-electron chi connectivity index (χ0n) is 12.6. The Hall–Kier alpha value is -2.79. The molecule has 0 radical (unpaired) electrons. The van der Waals surface area contributed by atoms with Gasteiger partial charge in [-0.1, -0.05) is 34.1 Å². The molecule has 0 saturated carbocycles. The molecular formula is C19H13BrN2O2. The molecule has 0 N–H and O–H groups in total. The van der Waals surface area contributed by atoms with Crippen LogP contribution in [-0.4, -0.2) is 15.6 Å². The average molecular weight is 381 g/mol. The van der Waals surface area contributed by atoms with Crippen molar-refractivity contribution in [1.82, 2.24) is 9.78 Å². The molecule has 3 aromatic rings. The number of aromatic nitrogens is 2. The maximum Gasteiger partial charge on any atom is 0.272 e. The van der Waals surface area contributed by atoms with Gasteiger partial charge in [0.2, 0.25) is 0 Å². The second kappa shape index (κ2) is 7.19. The van der Waals surface area contributed by atoms with Gasteiger partial charge in [-0.15, -0.1) is 0 Å². The number of hydrogen-bond acceptors (Lipinski definition) is 3. The molecule has 1 heterocycles. The average Bonchev–Trinajstić information content (AvgIpc) is 2.61. The Kier molecular flexibility index (Phi) is 4.82. The molecule has 0 aliphatic carbocycles. The van der Waals surface area contributed by atoms with Gasteiger partial charge >= 0.3 is 0 Å². The largest absolute Gasteiger partial charge is 0.289 e. The zero-order valence-corrected chi connectivity index (χ0v) is 14.2. The second-order valence-electron chi connectivity index (χ2n) is 5.08. The Morgan fingerprint density at radius 1 is 1.04 bits per heavy atom. The maximum absolute atomic E-state index is 12.2. The lowest BCUT2D eigenvalue weighted by molar-refractivity contribution is 0.104. The molecule has 4 nitrogen and oxygen atoms in total. The summed E-state index contributed by atoms with van der Waals surface area (Å²) in [5, 5.41) is 4.15. The summed E-state index contributed by atoms with van der Waals surface area (Å²) in [6.45, 7) is 0. The quantitative estimate of drug-likeness (QED) is 0.509. The Labute approximate surface area is 147 Å².